The number of hydrogen-bond acceptors (Lipinski definition) is 9. The average molecular weight is 497 g/mol. The van der Waals surface area contributed by atoms with E-state index in [2.05, 4.69) is 30.6 Å². The van der Waals surface area contributed by atoms with E-state index < -0.39 is 27.6 Å². The Morgan fingerprint density at radius 1 is 1.12 bits per heavy atom. The molecule has 2 aromatic heterocycles. The molecule has 2 heterocycles. The Balaban J connectivity index is 1.89. The predicted molar refractivity (Wildman–Crippen MR) is 122 cm³/mol. The zero-order valence-corrected chi connectivity index (χ0v) is 19.3. The molecule has 3 aromatic rings. The summed E-state index contributed by atoms with van der Waals surface area (Å²) in [5, 5.41) is 5.43. The molecule has 10 nitrogen and oxygen atoms in total. The van der Waals surface area contributed by atoms with E-state index in [-0.39, 0.29) is 30.0 Å². The highest BCUT2D eigenvalue weighted by atomic mass is 32.2. The molecule has 0 aliphatic carbocycles. The molecule has 0 bridgehead atoms. The van der Waals surface area contributed by atoms with Gasteiger partial charge in [0.05, 0.1) is 12.8 Å². The number of halogens is 3. The Labute approximate surface area is 194 Å². The summed E-state index contributed by atoms with van der Waals surface area (Å²) in [6.07, 6.45) is -0.502. The molecular formula is C20H23F3N8O2S. The number of sulfonamides is 1. The number of hydrogen-bond donors (Lipinski definition) is 3. The monoisotopic (exact) mass is 496 g/mol. The van der Waals surface area contributed by atoms with E-state index in [9.17, 15) is 21.6 Å². The Morgan fingerprint density at radius 2 is 1.76 bits per heavy atom. The zero-order valence-electron chi connectivity index (χ0n) is 18.5. The molecule has 0 spiro atoms. The van der Waals surface area contributed by atoms with Crippen LogP contribution in [0.3, 0.4) is 0 Å². The lowest BCUT2D eigenvalue weighted by Crippen LogP contribution is -2.27. The summed E-state index contributed by atoms with van der Waals surface area (Å²) in [4.78, 5) is 15.8. The number of benzene rings is 1. The topological polar surface area (TPSA) is 139 Å². The molecule has 0 amide bonds. The van der Waals surface area contributed by atoms with E-state index in [0.29, 0.717) is 11.9 Å². The van der Waals surface area contributed by atoms with Crippen LogP contribution >= 0.6 is 0 Å². The first kappa shape index (κ1) is 25.1. The van der Waals surface area contributed by atoms with E-state index in [1.807, 2.05) is 6.92 Å². The smallest absolute Gasteiger partial charge is 0.364 e. The third-order valence-corrected chi connectivity index (χ3v) is 5.93. The van der Waals surface area contributed by atoms with Crippen molar-refractivity contribution >= 4 is 33.3 Å². The van der Waals surface area contributed by atoms with E-state index in [4.69, 9.17) is 5.73 Å². The summed E-state index contributed by atoms with van der Waals surface area (Å²) in [7, 11) is -2.39. The van der Waals surface area contributed by atoms with Gasteiger partial charge in [-0.15, -0.1) is 0 Å². The van der Waals surface area contributed by atoms with Gasteiger partial charge in [-0.2, -0.15) is 18.2 Å². The molecule has 0 aliphatic rings. The van der Waals surface area contributed by atoms with Crippen molar-refractivity contribution in [3.05, 3.63) is 59.7 Å². The first-order valence-corrected chi connectivity index (χ1v) is 11.8. The van der Waals surface area contributed by atoms with Gasteiger partial charge < -0.3 is 16.4 Å². The van der Waals surface area contributed by atoms with Gasteiger partial charge in [0.25, 0.3) is 0 Å². The van der Waals surface area contributed by atoms with Crippen LogP contribution in [0, 0.1) is 0 Å². The maximum absolute atomic E-state index is 13.5. The van der Waals surface area contributed by atoms with E-state index in [1.165, 1.54) is 19.4 Å². The Bertz CT molecular complexity index is 1250. The molecule has 0 radical (unpaired) electrons. The summed E-state index contributed by atoms with van der Waals surface area (Å²) in [5.74, 6) is -0.597. The van der Waals surface area contributed by atoms with Gasteiger partial charge in [-0.25, -0.2) is 18.4 Å². The molecule has 0 unspecified atom stereocenters. The van der Waals surface area contributed by atoms with Crippen LogP contribution < -0.4 is 20.7 Å². The van der Waals surface area contributed by atoms with Crippen LogP contribution in [0.1, 0.15) is 29.8 Å². The molecule has 3 rings (SSSR count). The van der Waals surface area contributed by atoms with Crippen LogP contribution in [0.4, 0.5) is 36.4 Å². The molecule has 0 aliphatic heterocycles. The van der Waals surface area contributed by atoms with Gasteiger partial charge in [-0.3, -0.25) is 9.29 Å². The lowest BCUT2D eigenvalue weighted by Gasteiger charge is -2.19. The predicted octanol–water partition coefficient (Wildman–Crippen LogP) is 3.06. The van der Waals surface area contributed by atoms with Gasteiger partial charge in [0.1, 0.15) is 17.1 Å². The Hall–Kier alpha value is -3.52. The zero-order chi connectivity index (χ0) is 25.1. The van der Waals surface area contributed by atoms with Crippen molar-refractivity contribution in [2.45, 2.75) is 25.7 Å². The number of nitrogens with one attached hydrogen (secondary N) is 2. The maximum atomic E-state index is 13.5. The average Bonchev–Trinajstić information content (AvgIpc) is 2.76. The number of nitrogens with zero attached hydrogens (tertiary/aromatic N) is 5. The lowest BCUT2D eigenvalue weighted by molar-refractivity contribution is -0.137. The first-order chi connectivity index (χ1) is 15.9. The third-order valence-electron chi connectivity index (χ3n) is 4.76. The molecular weight excluding hydrogens is 473 g/mol. The molecule has 0 saturated carbocycles. The normalized spacial score (nSPS) is 12.8. The van der Waals surface area contributed by atoms with Crippen LogP contribution in [0.2, 0.25) is 0 Å². The molecule has 34 heavy (non-hydrogen) atoms. The molecule has 0 fully saturated rings. The fourth-order valence-electron chi connectivity index (χ4n) is 2.86. The number of anilines is 4. The van der Waals surface area contributed by atoms with E-state index in [0.717, 1.165) is 16.1 Å². The highest BCUT2D eigenvalue weighted by Crippen LogP contribution is 2.34. The van der Waals surface area contributed by atoms with Crippen molar-refractivity contribution in [3.8, 4) is 0 Å². The molecule has 182 valence electrons. The van der Waals surface area contributed by atoms with Crippen LogP contribution in [-0.2, 0) is 22.7 Å². The minimum atomic E-state index is -4.73. The molecule has 1 aromatic carbocycles. The highest BCUT2D eigenvalue weighted by molar-refractivity contribution is 7.92. The van der Waals surface area contributed by atoms with Crippen LogP contribution in [0.15, 0.2) is 42.9 Å². The first-order valence-electron chi connectivity index (χ1n) is 9.90. The van der Waals surface area contributed by atoms with E-state index >= 15 is 0 Å². The molecule has 0 saturated heterocycles. The summed E-state index contributed by atoms with van der Waals surface area (Å²) < 4.78 is 65.3. The van der Waals surface area contributed by atoms with Crippen LogP contribution in [0.5, 0.6) is 0 Å². The largest absolute Gasteiger partial charge is 0.421 e. The molecule has 14 heteroatoms. The van der Waals surface area contributed by atoms with E-state index in [1.54, 1.807) is 24.3 Å². The van der Waals surface area contributed by atoms with Crippen molar-refractivity contribution in [2.75, 3.05) is 28.2 Å². The fourth-order valence-corrected chi connectivity index (χ4v) is 3.32. The quantitative estimate of drug-likeness (QED) is 0.429. The maximum Gasteiger partial charge on any atom is 0.421 e. The lowest BCUT2D eigenvalue weighted by atomic mass is 10.1. The molecule has 1 atom stereocenters. The van der Waals surface area contributed by atoms with Gasteiger partial charge in [0, 0.05) is 37.4 Å². The fraction of sp³-hybridized carbons (Fsp3) is 0.300. The third kappa shape index (κ3) is 6.08. The second kappa shape index (κ2) is 9.77. The summed E-state index contributed by atoms with van der Waals surface area (Å²) in [5.41, 5.74) is 6.29. The van der Waals surface area contributed by atoms with Crippen molar-refractivity contribution in [2.24, 2.45) is 5.73 Å². The van der Waals surface area contributed by atoms with Gasteiger partial charge in [0.15, 0.2) is 5.82 Å². The van der Waals surface area contributed by atoms with Crippen molar-refractivity contribution in [1.82, 2.24) is 19.9 Å². The van der Waals surface area contributed by atoms with Crippen molar-refractivity contribution in [3.63, 3.8) is 0 Å². The highest BCUT2D eigenvalue weighted by Gasteiger charge is 2.35. The Morgan fingerprint density at radius 3 is 2.35 bits per heavy atom. The minimum absolute atomic E-state index is 0.0207. The second-order valence-corrected chi connectivity index (χ2v) is 9.41. The number of nitrogens with two attached hydrogens (primary N) is 1. The SMILES string of the molecule is C[C@@H](N)c1ccc(Nc2ncc(C(F)(F)F)c(NCc3nccnc3N(C)S(C)(=O)=O)n2)cc1. The molecule has 4 N–H and O–H groups in total. The summed E-state index contributed by atoms with van der Waals surface area (Å²) in [6.45, 7) is 1.56. The van der Waals surface area contributed by atoms with Gasteiger partial charge >= 0.3 is 6.18 Å². The van der Waals surface area contributed by atoms with Crippen LogP contribution in [0.25, 0.3) is 0 Å². The Kier molecular flexibility index (Phi) is 7.21. The van der Waals surface area contributed by atoms with Crippen molar-refractivity contribution in [1.29, 1.82) is 0 Å². The number of alkyl halides is 3. The summed E-state index contributed by atoms with van der Waals surface area (Å²) >= 11 is 0. The van der Waals surface area contributed by atoms with Crippen LogP contribution in [-0.4, -0.2) is 41.7 Å². The standard InChI is InChI=1S/C20H23F3N8O2S/c1-12(24)13-4-6-14(7-5-13)29-19-28-10-15(20(21,22)23)17(30-19)27-11-16-18(26-9-8-25-16)31(2)34(3,32)33/h4-10,12H,11,24H2,1-3H3,(H2,27,28,29,30)/t12-/m1/s1. The second-order valence-electron chi connectivity index (χ2n) is 7.40. The van der Waals surface area contributed by atoms with Crippen molar-refractivity contribution < 1.29 is 21.6 Å². The number of aromatic nitrogens is 4. The van der Waals surface area contributed by atoms with Gasteiger partial charge in [0.2, 0.25) is 16.0 Å². The minimum Gasteiger partial charge on any atom is -0.364 e. The van der Waals surface area contributed by atoms with Gasteiger partial charge in [-0.1, -0.05) is 12.1 Å². The van der Waals surface area contributed by atoms with Gasteiger partial charge in [-0.05, 0) is 24.6 Å². The number of rotatable bonds is 8. The summed E-state index contributed by atoms with van der Waals surface area (Å²) in [6, 6.07) is 6.81.